The second-order valence-electron chi connectivity index (χ2n) is 4.09. The fraction of sp³-hybridized carbons (Fsp3) is 0.545. The van der Waals surface area contributed by atoms with E-state index < -0.39 is 0 Å². The molecule has 0 bridgehead atoms. The van der Waals surface area contributed by atoms with Crippen LogP contribution in [0.1, 0.15) is 30.3 Å². The molecule has 1 aromatic heterocycles. The predicted molar refractivity (Wildman–Crippen MR) is 62.4 cm³/mol. The van der Waals surface area contributed by atoms with E-state index in [1.54, 1.807) is 6.07 Å². The van der Waals surface area contributed by atoms with E-state index in [0.717, 1.165) is 35.7 Å². The SMILES string of the molecule is CC1CCN(c2oc(C=O)cc2Br)CC1. The second-order valence-corrected chi connectivity index (χ2v) is 4.94. The summed E-state index contributed by atoms with van der Waals surface area (Å²) in [6, 6.07) is 1.72. The summed E-state index contributed by atoms with van der Waals surface area (Å²) in [6.45, 7) is 4.28. The molecule has 1 aliphatic heterocycles. The van der Waals surface area contributed by atoms with Crippen LogP contribution in [-0.2, 0) is 0 Å². The number of carbonyl (C=O) groups is 1. The molecule has 3 nitrogen and oxygen atoms in total. The number of aldehydes is 1. The van der Waals surface area contributed by atoms with Gasteiger partial charge in [0.15, 0.2) is 12.0 Å². The van der Waals surface area contributed by atoms with E-state index in [-0.39, 0.29) is 0 Å². The van der Waals surface area contributed by atoms with Gasteiger partial charge >= 0.3 is 0 Å². The van der Waals surface area contributed by atoms with Gasteiger partial charge in [0.2, 0.25) is 5.88 Å². The summed E-state index contributed by atoms with van der Waals surface area (Å²) in [5, 5.41) is 0. The second kappa shape index (κ2) is 4.39. The number of rotatable bonds is 2. The molecule has 0 radical (unpaired) electrons. The quantitative estimate of drug-likeness (QED) is 0.776. The zero-order chi connectivity index (χ0) is 10.8. The molecule has 1 aromatic rings. The molecule has 0 aromatic carbocycles. The molecule has 0 amide bonds. The lowest BCUT2D eigenvalue weighted by Crippen LogP contribution is -2.32. The molecule has 1 saturated heterocycles. The first-order valence-electron chi connectivity index (χ1n) is 5.20. The van der Waals surface area contributed by atoms with E-state index in [0.29, 0.717) is 5.76 Å². The van der Waals surface area contributed by atoms with Crippen molar-refractivity contribution in [2.45, 2.75) is 19.8 Å². The van der Waals surface area contributed by atoms with Gasteiger partial charge in [-0.05, 0) is 34.7 Å². The number of piperidine rings is 1. The summed E-state index contributed by atoms with van der Waals surface area (Å²) in [5.74, 6) is 1.97. The van der Waals surface area contributed by atoms with Gasteiger partial charge in [-0.3, -0.25) is 4.79 Å². The minimum Gasteiger partial charge on any atom is -0.436 e. The normalized spacial score (nSPS) is 18.1. The van der Waals surface area contributed by atoms with Crippen LogP contribution in [0.25, 0.3) is 0 Å². The van der Waals surface area contributed by atoms with Gasteiger partial charge in [0.25, 0.3) is 0 Å². The lowest BCUT2D eigenvalue weighted by atomic mass is 9.99. The van der Waals surface area contributed by atoms with Gasteiger partial charge in [0.05, 0.1) is 4.47 Å². The molecule has 0 spiro atoms. The molecule has 15 heavy (non-hydrogen) atoms. The van der Waals surface area contributed by atoms with Crippen LogP contribution < -0.4 is 4.90 Å². The molecule has 2 rings (SSSR count). The van der Waals surface area contributed by atoms with Gasteiger partial charge in [0.1, 0.15) is 0 Å². The summed E-state index contributed by atoms with van der Waals surface area (Å²) in [5.41, 5.74) is 0. The molecule has 0 N–H and O–H groups in total. The van der Waals surface area contributed by atoms with Crippen LogP contribution in [0.5, 0.6) is 0 Å². The molecule has 4 heteroatoms. The largest absolute Gasteiger partial charge is 0.436 e. The van der Waals surface area contributed by atoms with Crippen molar-refractivity contribution < 1.29 is 9.21 Å². The molecule has 1 aliphatic rings. The molecule has 0 saturated carbocycles. The average Bonchev–Trinajstić information content (AvgIpc) is 2.61. The maximum absolute atomic E-state index is 10.6. The van der Waals surface area contributed by atoms with Crippen LogP contribution in [-0.4, -0.2) is 19.4 Å². The molecule has 82 valence electrons. The number of hydrogen-bond donors (Lipinski definition) is 0. The Labute approximate surface area is 97.6 Å². The summed E-state index contributed by atoms with van der Waals surface area (Å²) in [4.78, 5) is 12.8. The van der Waals surface area contributed by atoms with Crippen molar-refractivity contribution in [3.63, 3.8) is 0 Å². The standard InChI is InChI=1S/C11H14BrNO2/c1-8-2-4-13(5-3-8)11-10(12)6-9(7-14)15-11/h6-8H,2-5H2,1H3. The van der Waals surface area contributed by atoms with E-state index in [2.05, 4.69) is 27.8 Å². The highest BCUT2D eigenvalue weighted by Crippen LogP contribution is 2.32. The van der Waals surface area contributed by atoms with Crippen LogP contribution in [0.4, 0.5) is 5.88 Å². The van der Waals surface area contributed by atoms with Crippen molar-refractivity contribution in [3.05, 3.63) is 16.3 Å². The molecular weight excluding hydrogens is 258 g/mol. The Kier molecular flexibility index (Phi) is 3.14. The number of nitrogens with zero attached hydrogens (tertiary/aromatic N) is 1. The summed E-state index contributed by atoms with van der Waals surface area (Å²) in [7, 11) is 0. The predicted octanol–water partition coefficient (Wildman–Crippen LogP) is 3.09. The van der Waals surface area contributed by atoms with Crippen molar-refractivity contribution in [1.29, 1.82) is 0 Å². The summed E-state index contributed by atoms with van der Waals surface area (Å²) in [6.07, 6.45) is 3.11. The lowest BCUT2D eigenvalue weighted by Gasteiger charge is -2.30. The Bertz CT molecular complexity index is 353. The summed E-state index contributed by atoms with van der Waals surface area (Å²) >= 11 is 3.41. The maximum Gasteiger partial charge on any atom is 0.210 e. The van der Waals surface area contributed by atoms with E-state index in [1.807, 2.05) is 0 Å². The van der Waals surface area contributed by atoms with Crippen LogP contribution in [0.2, 0.25) is 0 Å². The third-order valence-electron chi connectivity index (χ3n) is 2.87. The molecule has 2 heterocycles. The fourth-order valence-corrected chi connectivity index (χ4v) is 2.42. The van der Waals surface area contributed by atoms with E-state index in [1.165, 1.54) is 12.8 Å². The third-order valence-corrected chi connectivity index (χ3v) is 3.44. The van der Waals surface area contributed by atoms with E-state index >= 15 is 0 Å². The average molecular weight is 272 g/mol. The van der Waals surface area contributed by atoms with Crippen LogP contribution in [0.15, 0.2) is 15.0 Å². The third kappa shape index (κ3) is 2.25. The molecule has 1 fully saturated rings. The Morgan fingerprint density at radius 1 is 1.53 bits per heavy atom. The maximum atomic E-state index is 10.6. The lowest BCUT2D eigenvalue weighted by molar-refractivity contribution is 0.110. The Hall–Kier alpha value is -0.770. The van der Waals surface area contributed by atoms with Crippen molar-refractivity contribution in [2.24, 2.45) is 5.92 Å². The van der Waals surface area contributed by atoms with E-state index in [9.17, 15) is 4.79 Å². The first kappa shape index (κ1) is 10.7. The van der Waals surface area contributed by atoms with Crippen LogP contribution >= 0.6 is 15.9 Å². The van der Waals surface area contributed by atoms with Crippen LogP contribution in [0.3, 0.4) is 0 Å². The van der Waals surface area contributed by atoms with E-state index in [4.69, 9.17) is 4.42 Å². The zero-order valence-corrected chi connectivity index (χ0v) is 10.3. The Balaban J connectivity index is 2.14. The number of halogens is 1. The topological polar surface area (TPSA) is 33.5 Å². The van der Waals surface area contributed by atoms with Gasteiger partial charge in [-0.1, -0.05) is 6.92 Å². The number of hydrogen-bond acceptors (Lipinski definition) is 3. The highest BCUT2D eigenvalue weighted by Gasteiger charge is 2.21. The first-order chi connectivity index (χ1) is 7.20. The zero-order valence-electron chi connectivity index (χ0n) is 8.70. The minimum absolute atomic E-state index is 0.385. The van der Waals surface area contributed by atoms with Gasteiger partial charge in [-0.2, -0.15) is 0 Å². The Morgan fingerprint density at radius 3 is 2.73 bits per heavy atom. The number of furan rings is 1. The van der Waals surface area contributed by atoms with Crippen molar-refractivity contribution in [1.82, 2.24) is 0 Å². The highest BCUT2D eigenvalue weighted by molar-refractivity contribution is 9.10. The monoisotopic (exact) mass is 271 g/mol. The van der Waals surface area contributed by atoms with Gasteiger partial charge in [0, 0.05) is 19.2 Å². The fourth-order valence-electron chi connectivity index (χ4n) is 1.86. The van der Waals surface area contributed by atoms with Crippen molar-refractivity contribution >= 4 is 28.1 Å². The number of carbonyl (C=O) groups excluding carboxylic acids is 1. The van der Waals surface area contributed by atoms with Gasteiger partial charge < -0.3 is 9.32 Å². The van der Waals surface area contributed by atoms with Crippen molar-refractivity contribution in [2.75, 3.05) is 18.0 Å². The van der Waals surface area contributed by atoms with Crippen LogP contribution in [0, 0.1) is 5.92 Å². The molecular formula is C11H14BrNO2. The molecule has 0 aliphatic carbocycles. The smallest absolute Gasteiger partial charge is 0.210 e. The van der Waals surface area contributed by atoms with Gasteiger partial charge in [-0.15, -0.1) is 0 Å². The van der Waals surface area contributed by atoms with Gasteiger partial charge in [-0.25, -0.2) is 0 Å². The number of anilines is 1. The molecule has 0 unspecified atom stereocenters. The first-order valence-corrected chi connectivity index (χ1v) is 5.99. The highest BCUT2D eigenvalue weighted by atomic mass is 79.9. The van der Waals surface area contributed by atoms with Crippen molar-refractivity contribution in [3.8, 4) is 0 Å². The summed E-state index contributed by atoms with van der Waals surface area (Å²) < 4.78 is 6.32. The Morgan fingerprint density at radius 2 is 2.20 bits per heavy atom. The minimum atomic E-state index is 0.385. The molecule has 0 atom stereocenters.